The van der Waals surface area contributed by atoms with E-state index in [0.717, 1.165) is 23.2 Å². The molecule has 1 saturated heterocycles. The van der Waals surface area contributed by atoms with Gasteiger partial charge in [-0.1, -0.05) is 17.7 Å². The minimum absolute atomic E-state index is 0.134. The molecule has 1 aliphatic heterocycles. The van der Waals surface area contributed by atoms with E-state index in [1.54, 1.807) is 0 Å². The molecule has 3 amide bonds. The number of nitrogens with one attached hydrogen (secondary N) is 2. The highest BCUT2D eigenvalue weighted by molar-refractivity contribution is 7.11. The number of rotatable bonds is 3. The van der Waals surface area contributed by atoms with Crippen LogP contribution in [0.5, 0.6) is 0 Å². The number of thiazole rings is 1. The number of alkyl halides is 3. The zero-order chi connectivity index (χ0) is 22.2. The molecular formula is C17H14ClF5N4O2S. The lowest BCUT2D eigenvalue weighted by Crippen LogP contribution is -2.58. The number of amides is 3. The van der Waals surface area contributed by atoms with Crippen molar-refractivity contribution in [3.05, 3.63) is 50.4 Å². The maximum Gasteiger partial charge on any atom is 0.443 e. The number of hydrogen-bond donors (Lipinski definition) is 2. The molecular weight excluding hydrogens is 455 g/mol. The Morgan fingerprint density at radius 1 is 1.40 bits per heavy atom. The number of halogens is 6. The number of piperazine rings is 1. The third-order valence-electron chi connectivity index (χ3n) is 4.45. The Labute approximate surface area is 176 Å². The Balaban J connectivity index is 2.00. The van der Waals surface area contributed by atoms with Gasteiger partial charge in [0.2, 0.25) is 5.91 Å². The lowest BCUT2D eigenvalue weighted by molar-refractivity contribution is -0.137. The molecule has 3 rings (SSSR count). The van der Waals surface area contributed by atoms with Gasteiger partial charge in [-0.05, 0) is 13.0 Å². The molecule has 162 valence electrons. The van der Waals surface area contributed by atoms with Gasteiger partial charge in [0.25, 0.3) is 0 Å². The zero-order valence-corrected chi connectivity index (χ0v) is 16.8. The van der Waals surface area contributed by atoms with Gasteiger partial charge in [-0.3, -0.25) is 4.79 Å². The first-order valence-electron chi connectivity index (χ1n) is 8.52. The van der Waals surface area contributed by atoms with Gasteiger partial charge < -0.3 is 15.5 Å². The van der Waals surface area contributed by atoms with Crippen molar-refractivity contribution in [2.75, 3.05) is 13.1 Å². The summed E-state index contributed by atoms with van der Waals surface area (Å²) >= 11 is 5.80. The molecule has 0 unspecified atom stereocenters. The fraction of sp³-hybridized carbons (Fsp3) is 0.353. The summed E-state index contributed by atoms with van der Waals surface area (Å²) in [7, 11) is 0. The highest BCUT2D eigenvalue weighted by Gasteiger charge is 2.37. The van der Waals surface area contributed by atoms with Crippen LogP contribution < -0.4 is 10.6 Å². The number of nitrogens with zero attached hydrogens (tertiary/aromatic N) is 2. The van der Waals surface area contributed by atoms with Crippen molar-refractivity contribution >= 4 is 34.9 Å². The van der Waals surface area contributed by atoms with Gasteiger partial charge in [-0.15, -0.1) is 11.3 Å². The number of urea groups is 1. The molecule has 2 atom stereocenters. The van der Waals surface area contributed by atoms with Crippen LogP contribution >= 0.6 is 22.9 Å². The average molecular weight is 469 g/mol. The Bertz CT molecular complexity index is 984. The fourth-order valence-corrected chi connectivity index (χ4v) is 3.91. The first-order chi connectivity index (χ1) is 14.0. The summed E-state index contributed by atoms with van der Waals surface area (Å²) in [5.41, 5.74) is -0.346. The summed E-state index contributed by atoms with van der Waals surface area (Å²) in [5, 5.41) is 2.91. The maximum atomic E-state index is 14.6. The number of hydrogen-bond acceptors (Lipinski definition) is 4. The lowest BCUT2D eigenvalue weighted by Gasteiger charge is -2.34. The van der Waals surface area contributed by atoms with Crippen molar-refractivity contribution in [2.45, 2.75) is 25.2 Å². The van der Waals surface area contributed by atoms with Gasteiger partial charge >= 0.3 is 12.2 Å². The highest BCUT2D eigenvalue weighted by atomic mass is 35.5. The van der Waals surface area contributed by atoms with E-state index in [1.165, 1.54) is 6.92 Å². The Hall–Kier alpha value is -2.47. The summed E-state index contributed by atoms with van der Waals surface area (Å²) in [5.74, 6) is -2.71. The van der Waals surface area contributed by atoms with E-state index >= 15 is 0 Å². The van der Waals surface area contributed by atoms with Crippen LogP contribution in [0.1, 0.15) is 28.4 Å². The van der Waals surface area contributed by atoms with Crippen LogP contribution in [-0.2, 0) is 11.0 Å². The van der Waals surface area contributed by atoms with Crippen LogP contribution in [0.2, 0.25) is 5.02 Å². The first-order valence-corrected chi connectivity index (χ1v) is 9.71. The molecule has 0 radical (unpaired) electrons. The Morgan fingerprint density at radius 2 is 2.10 bits per heavy atom. The molecule has 13 heteroatoms. The number of carbonyl (C=O) groups is 2. The van der Waals surface area contributed by atoms with Crippen LogP contribution in [0.25, 0.3) is 0 Å². The SMILES string of the molecule is C[C@@H]1C(=O)NCCN1C(=O)N[C@@H](c1cnc(C(F)(F)F)s1)c1ccc(F)c(Cl)c1F. The molecule has 0 aliphatic carbocycles. The van der Waals surface area contributed by atoms with E-state index in [-0.39, 0.29) is 34.9 Å². The van der Waals surface area contributed by atoms with Crippen LogP contribution in [-0.4, -0.2) is 41.0 Å². The van der Waals surface area contributed by atoms with Gasteiger partial charge in [-0.25, -0.2) is 18.6 Å². The smallest absolute Gasteiger partial charge is 0.353 e. The van der Waals surface area contributed by atoms with Gasteiger partial charge in [0.1, 0.15) is 22.7 Å². The predicted octanol–water partition coefficient (Wildman–Crippen LogP) is 3.71. The normalized spacial score (nSPS) is 18.2. The van der Waals surface area contributed by atoms with E-state index < -0.39 is 51.9 Å². The third-order valence-corrected chi connectivity index (χ3v) is 5.91. The predicted molar refractivity (Wildman–Crippen MR) is 98.0 cm³/mol. The summed E-state index contributed by atoms with van der Waals surface area (Å²) in [6, 6.07) is -1.30. The number of carbonyl (C=O) groups excluding carboxylic acids is 2. The standard InChI is InChI=1S/C17H14ClF5N4O2S/c1-7-14(28)24-4-5-27(7)16(29)26-13(8-2-3-9(19)11(18)12(8)20)10-6-25-15(30-10)17(21,22)23/h2-3,6-7,13H,4-5H2,1H3,(H,24,28)(H,26,29)/t7-,13-/m1/s1. The van der Waals surface area contributed by atoms with Gasteiger partial charge in [0, 0.05) is 24.8 Å². The molecule has 1 fully saturated rings. The molecule has 0 saturated carbocycles. The van der Waals surface area contributed by atoms with Crippen LogP contribution in [0, 0.1) is 11.6 Å². The quantitative estimate of drug-likeness (QED) is 0.533. The molecule has 30 heavy (non-hydrogen) atoms. The molecule has 0 spiro atoms. The van der Waals surface area contributed by atoms with E-state index in [9.17, 15) is 31.5 Å². The summed E-state index contributed by atoms with van der Waals surface area (Å²) < 4.78 is 67.1. The molecule has 1 aromatic heterocycles. The molecule has 2 N–H and O–H groups in total. The molecule has 2 aromatic rings. The minimum Gasteiger partial charge on any atom is -0.353 e. The highest BCUT2D eigenvalue weighted by Crippen LogP contribution is 2.37. The topological polar surface area (TPSA) is 74.3 Å². The van der Waals surface area contributed by atoms with Crippen molar-refractivity contribution in [1.29, 1.82) is 0 Å². The van der Waals surface area contributed by atoms with E-state index in [2.05, 4.69) is 15.6 Å². The van der Waals surface area contributed by atoms with Crippen LogP contribution in [0.15, 0.2) is 18.3 Å². The van der Waals surface area contributed by atoms with Gasteiger partial charge in [0.05, 0.1) is 10.9 Å². The van der Waals surface area contributed by atoms with Gasteiger partial charge in [-0.2, -0.15) is 13.2 Å². The van der Waals surface area contributed by atoms with Crippen LogP contribution in [0.3, 0.4) is 0 Å². The van der Waals surface area contributed by atoms with Crippen LogP contribution in [0.4, 0.5) is 26.7 Å². The Kier molecular flexibility index (Phi) is 6.18. The van der Waals surface area contributed by atoms with Gasteiger partial charge in [0.15, 0.2) is 5.01 Å². The summed E-state index contributed by atoms with van der Waals surface area (Å²) in [6.07, 6.45) is -3.89. The second-order valence-electron chi connectivity index (χ2n) is 6.37. The maximum absolute atomic E-state index is 14.6. The molecule has 1 aliphatic rings. The van der Waals surface area contributed by atoms with Crippen molar-refractivity contribution in [3.8, 4) is 0 Å². The van der Waals surface area contributed by atoms with Crippen molar-refractivity contribution in [3.63, 3.8) is 0 Å². The Morgan fingerprint density at radius 3 is 2.73 bits per heavy atom. The molecule has 6 nitrogen and oxygen atoms in total. The lowest BCUT2D eigenvalue weighted by atomic mass is 10.0. The molecule has 2 heterocycles. The third kappa shape index (κ3) is 4.33. The summed E-state index contributed by atoms with van der Waals surface area (Å²) in [6.45, 7) is 1.78. The minimum atomic E-state index is -4.74. The number of benzene rings is 1. The van der Waals surface area contributed by atoms with Crippen molar-refractivity contribution in [1.82, 2.24) is 20.5 Å². The second kappa shape index (κ2) is 8.34. The monoisotopic (exact) mass is 468 g/mol. The largest absolute Gasteiger partial charge is 0.443 e. The second-order valence-corrected chi connectivity index (χ2v) is 7.81. The average Bonchev–Trinajstić information content (AvgIpc) is 3.17. The van der Waals surface area contributed by atoms with Crippen molar-refractivity contribution in [2.24, 2.45) is 0 Å². The fourth-order valence-electron chi connectivity index (χ4n) is 2.88. The first kappa shape index (κ1) is 22.2. The van der Waals surface area contributed by atoms with E-state index in [1.807, 2.05) is 0 Å². The number of aromatic nitrogens is 1. The van der Waals surface area contributed by atoms with E-state index in [4.69, 9.17) is 11.6 Å². The summed E-state index contributed by atoms with van der Waals surface area (Å²) in [4.78, 5) is 28.8. The van der Waals surface area contributed by atoms with Crippen molar-refractivity contribution < 1.29 is 31.5 Å². The molecule has 0 bridgehead atoms. The molecule has 1 aromatic carbocycles. The van der Waals surface area contributed by atoms with E-state index in [0.29, 0.717) is 0 Å². The zero-order valence-electron chi connectivity index (χ0n) is 15.2.